The van der Waals surface area contributed by atoms with E-state index in [0.29, 0.717) is 0 Å². The molecule has 0 amide bonds. The third-order valence-corrected chi connectivity index (χ3v) is 12.4. The van der Waals surface area contributed by atoms with Crippen molar-refractivity contribution < 1.29 is 0 Å². The van der Waals surface area contributed by atoms with Crippen molar-refractivity contribution in [3.8, 4) is 27.9 Å². The van der Waals surface area contributed by atoms with E-state index in [1.807, 2.05) is 22.7 Å². The molecule has 0 bridgehead atoms. The molecular formula is C43H25NS2. The zero-order valence-electron chi connectivity index (χ0n) is 24.7. The Morgan fingerprint density at radius 3 is 2.11 bits per heavy atom. The van der Waals surface area contributed by atoms with Crippen LogP contribution < -0.4 is 0 Å². The Kier molecular flexibility index (Phi) is 4.99. The number of rotatable bonds is 2. The monoisotopic (exact) mass is 619 g/mol. The molecule has 0 saturated heterocycles. The molecule has 10 aromatic rings. The molecular weight excluding hydrogens is 595 g/mol. The average molecular weight is 620 g/mol. The number of benzene rings is 7. The first-order chi connectivity index (χ1) is 22.8. The molecule has 0 fully saturated rings. The van der Waals surface area contributed by atoms with Crippen molar-refractivity contribution >= 4 is 84.8 Å². The quantitative estimate of drug-likeness (QED) is 0.181. The van der Waals surface area contributed by atoms with Crippen molar-refractivity contribution in [1.29, 1.82) is 0 Å². The van der Waals surface area contributed by atoms with Crippen LogP contribution in [0.5, 0.6) is 0 Å². The first kappa shape index (κ1) is 25.0. The highest BCUT2D eigenvalue weighted by Crippen LogP contribution is 2.47. The number of hydrogen-bond acceptors (Lipinski definition) is 2. The molecule has 0 N–H and O–H groups in total. The Bertz CT molecular complexity index is 2900. The lowest BCUT2D eigenvalue weighted by atomic mass is 9.93. The van der Waals surface area contributed by atoms with Crippen LogP contribution in [0.25, 0.3) is 90.1 Å². The third kappa shape index (κ3) is 3.29. The van der Waals surface area contributed by atoms with Crippen molar-refractivity contribution in [2.75, 3.05) is 0 Å². The van der Waals surface area contributed by atoms with Gasteiger partial charge in [0.25, 0.3) is 0 Å². The van der Waals surface area contributed by atoms with Gasteiger partial charge in [0.15, 0.2) is 0 Å². The van der Waals surface area contributed by atoms with Crippen molar-refractivity contribution in [2.45, 2.75) is 6.42 Å². The maximum atomic E-state index is 2.52. The SMILES string of the molecule is c1ccc2c(c1)Cc1c-2cccc1-c1cccc2sc3ccc(-n4c5ccccc5c5ccc6c7ccccc7sc6c54)cc3c12. The molecule has 7 aromatic carbocycles. The lowest BCUT2D eigenvalue weighted by Crippen LogP contribution is -1.94. The summed E-state index contributed by atoms with van der Waals surface area (Å²) in [5.41, 5.74) is 12.1. The normalized spacial score (nSPS) is 12.7. The summed E-state index contributed by atoms with van der Waals surface area (Å²) in [5, 5.41) is 7.97. The van der Waals surface area contributed by atoms with Crippen molar-refractivity contribution in [1.82, 2.24) is 4.57 Å². The summed E-state index contributed by atoms with van der Waals surface area (Å²) in [5.74, 6) is 0. The van der Waals surface area contributed by atoms with Gasteiger partial charge >= 0.3 is 0 Å². The summed E-state index contributed by atoms with van der Waals surface area (Å²) in [4.78, 5) is 0. The van der Waals surface area contributed by atoms with Crippen LogP contribution in [-0.4, -0.2) is 4.57 Å². The molecule has 3 heteroatoms. The summed E-state index contributed by atoms with van der Waals surface area (Å²) in [6.45, 7) is 0. The standard InChI is InChI=1S/C43H25NS2/c1-2-10-27-25(9-1)23-35-28(27)13-7-14-29(35)32-15-8-18-40-41(32)36-24-26(19-22-39(36)45-40)44-37-16-5-3-11-30(37)33-20-21-34-31-12-4-6-17-38(31)46-43(34)42(33)44/h1-22,24H,23H2. The van der Waals surface area contributed by atoms with Gasteiger partial charge in [0, 0.05) is 52.1 Å². The number of nitrogens with zero attached hydrogens (tertiary/aromatic N) is 1. The van der Waals surface area contributed by atoms with Crippen molar-refractivity contribution in [3.05, 3.63) is 151 Å². The van der Waals surface area contributed by atoms with E-state index in [0.717, 1.165) is 6.42 Å². The van der Waals surface area contributed by atoms with E-state index in [1.54, 1.807) is 0 Å². The summed E-state index contributed by atoms with van der Waals surface area (Å²) >= 11 is 3.81. The Balaban J connectivity index is 1.21. The van der Waals surface area contributed by atoms with Gasteiger partial charge in [-0.1, -0.05) is 103 Å². The molecule has 1 nitrogen and oxygen atoms in total. The fourth-order valence-electron chi connectivity index (χ4n) is 8.09. The molecule has 0 unspecified atom stereocenters. The van der Waals surface area contributed by atoms with Gasteiger partial charge < -0.3 is 4.57 Å². The molecule has 214 valence electrons. The van der Waals surface area contributed by atoms with E-state index < -0.39 is 0 Å². The van der Waals surface area contributed by atoms with E-state index in [1.165, 1.54) is 101 Å². The zero-order chi connectivity index (χ0) is 29.9. The number of thiophene rings is 2. The van der Waals surface area contributed by atoms with Crippen LogP contribution in [0, 0.1) is 0 Å². The predicted octanol–water partition coefficient (Wildman–Crippen LogP) is 12.8. The highest BCUT2D eigenvalue weighted by molar-refractivity contribution is 7.26. The lowest BCUT2D eigenvalue weighted by molar-refractivity contribution is 1.19. The van der Waals surface area contributed by atoms with Gasteiger partial charge in [0.05, 0.1) is 15.7 Å². The molecule has 0 aliphatic heterocycles. The van der Waals surface area contributed by atoms with Crippen molar-refractivity contribution in [2.24, 2.45) is 0 Å². The number of para-hydroxylation sites is 1. The van der Waals surface area contributed by atoms with Gasteiger partial charge in [-0.15, -0.1) is 22.7 Å². The molecule has 0 atom stereocenters. The zero-order valence-corrected chi connectivity index (χ0v) is 26.4. The molecule has 0 spiro atoms. The predicted molar refractivity (Wildman–Crippen MR) is 200 cm³/mol. The minimum absolute atomic E-state index is 0.984. The van der Waals surface area contributed by atoms with Crippen LogP contribution in [0.4, 0.5) is 0 Å². The molecule has 0 radical (unpaired) electrons. The van der Waals surface area contributed by atoms with Gasteiger partial charge in [-0.25, -0.2) is 0 Å². The number of aromatic nitrogens is 1. The van der Waals surface area contributed by atoms with Crippen LogP contribution in [0.3, 0.4) is 0 Å². The van der Waals surface area contributed by atoms with Crippen LogP contribution in [0.1, 0.15) is 11.1 Å². The first-order valence-corrected chi connectivity index (χ1v) is 17.4. The van der Waals surface area contributed by atoms with Gasteiger partial charge in [-0.3, -0.25) is 0 Å². The van der Waals surface area contributed by atoms with Crippen LogP contribution in [0.2, 0.25) is 0 Å². The molecule has 1 aliphatic carbocycles. The number of fused-ring (bicyclic) bond motifs is 13. The van der Waals surface area contributed by atoms with E-state index in [-0.39, 0.29) is 0 Å². The fourth-order valence-corrected chi connectivity index (χ4v) is 10.4. The van der Waals surface area contributed by atoms with Gasteiger partial charge in [0.1, 0.15) is 0 Å². The second kappa shape index (κ2) is 9.17. The summed E-state index contributed by atoms with van der Waals surface area (Å²) in [6, 6.07) is 52.1. The summed E-state index contributed by atoms with van der Waals surface area (Å²) < 4.78 is 7.88. The second-order valence-corrected chi connectivity index (χ2v) is 14.6. The molecule has 1 aliphatic rings. The Hall–Kier alpha value is -5.22. The molecule has 46 heavy (non-hydrogen) atoms. The van der Waals surface area contributed by atoms with Gasteiger partial charge in [0.2, 0.25) is 0 Å². The lowest BCUT2D eigenvalue weighted by Gasteiger charge is -2.12. The average Bonchev–Trinajstić information content (AvgIpc) is 3.86. The Morgan fingerprint density at radius 1 is 0.457 bits per heavy atom. The Labute approximate surface area is 273 Å². The maximum absolute atomic E-state index is 2.52. The topological polar surface area (TPSA) is 4.93 Å². The van der Waals surface area contributed by atoms with Crippen LogP contribution >= 0.6 is 22.7 Å². The Morgan fingerprint density at radius 2 is 1.15 bits per heavy atom. The van der Waals surface area contributed by atoms with E-state index in [2.05, 4.69) is 144 Å². The first-order valence-electron chi connectivity index (χ1n) is 15.8. The van der Waals surface area contributed by atoms with E-state index in [4.69, 9.17) is 0 Å². The second-order valence-electron chi connectivity index (χ2n) is 12.4. The van der Waals surface area contributed by atoms with Gasteiger partial charge in [-0.05, 0) is 76.2 Å². The van der Waals surface area contributed by atoms with E-state index in [9.17, 15) is 0 Å². The summed E-state index contributed by atoms with van der Waals surface area (Å²) in [6.07, 6.45) is 0.984. The molecule has 0 saturated carbocycles. The fraction of sp³-hybridized carbons (Fsp3) is 0.0233. The van der Waals surface area contributed by atoms with E-state index >= 15 is 0 Å². The maximum Gasteiger partial charge on any atom is 0.0719 e. The van der Waals surface area contributed by atoms with Crippen LogP contribution in [-0.2, 0) is 6.42 Å². The third-order valence-electron chi connectivity index (χ3n) is 10.1. The highest BCUT2D eigenvalue weighted by atomic mass is 32.1. The molecule has 3 aromatic heterocycles. The van der Waals surface area contributed by atoms with Crippen molar-refractivity contribution in [3.63, 3.8) is 0 Å². The van der Waals surface area contributed by atoms with Gasteiger partial charge in [-0.2, -0.15) is 0 Å². The van der Waals surface area contributed by atoms with Crippen LogP contribution in [0.15, 0.2) is 140 Å². The smallest absolute Gasteiger partial charge is 0.0719 e. The molecule has 3 heterocycles. The number of hydrogen-bond donors (Lipinski definition) is 0. The largest absolute Gasteiger partial charge is 0.308 e. The summed E-state index contributed by atoms with van der Waals surface area (Å²) in [7, 11) is 0. The minimum Gasteiger partial charge on any atom is -0.308 e. The molecule has 11 rings (SSSR count). The minimum atomic E-state index is 0.984. The highest BCUT2D eigenvalue weighted by Gasteiger charge is 2.23.